The number of carboxylic acid groups (broad SMARTS) is 1. The molecule has 1 aromatic carbocycles. The molecule has 1 fully saturated rings. The van der Waals surface area contributed by atoms with Crippen LogP contribution in [0.2, 0.25) is 0 Å². The van der Waals surface area contributed by atoms with Gasteiger partial charge in [0.25, 0.3) is 0 Å². The van der Waals surface area contributed by atoms with Gasteiger partial charge in [-0.2, -0.15) is 0 Å². The van der Waals surface area contributed by atoms with E-state index in [0.29, 0.717) is 18.5 Å². The summed E-state index contributed by atoms with van der Waals surface area (Å²) in [4.78, 5) is 24.4. The molecule has 1 N–H and O–H groups in total. The average Bonchev–Trinajstić information content (AvgIpc) is 2.86. The van der Waals surface area contributed by atoms with Crippen LogP contribution in [0.5, 0.6) is 0 Å². The Morgan fingerprint density at radius 2 is 2.24 bits per heavy atom. The summed E-state index contributed by atoms with van der Waals surface area (Å²) in [6.07, 6.45) is 4.15. The fourth-order valence-electron chi connectivity index (χ4n) is 2.44. The molecule has 0 aliphatic carbocycles. The third kappa shape index (κ3) is 4.14. The number of carbonyl (C=O) groups is 2. The van der Waals surface area contributed by atoms with Gasteiger partial charge in [-0.1, -0.05) is 15.9 Å². The molecule has 0 saturated carbocycles. The maximum atomic E-state index is 13.6. The fraction of sp³-hybridized carbons (Fsp3) is 0.333. The Labute approximate surface area is 130 Å². The molecule has 2 rings (SSSR count). The lowest BCUT2D eigenvalue weighted by molar-refractivity contribution is -0.139. The Bertz CT molecular complexity index is 588. The summed E-state index contributed by atoms with van der Waals surface area (Å²) in [7, 11) is 0. The summed E-state index contributed by atoms with van der Waals surface area (Å²) in [6.45, 7) is 0.544. The van der Waals surface area contributed by atoms with Crippen LogP contribution in [0.3, 0.4) is 0 Å². The number of likely N-dealkylation sites (tertiary alicyclic amines) is 1. The molecule has 0 bridgehead atoms. The Balaban J connectivity index is 2.08. The van der Waals surface area contributed by atoms with Crippen LogP contribution >= 0.6 is 15.9 Å². The predicted octanol–water partition coefficient (Wildman–Crippen LogP) is 3.07. The molecule has 0 radical (unpaired) electrons. The number of halogens is 2. The van der Waals surface area contributed by atoms with Gasteiger partial charge in [0.15, 0.2) is 0 Å². The molecule has 4 nitrogen and oxygen atoms in total. The van der Waals surface area contributed by atoms with E-state index in [0.717, 1.165) is 10.9 Å². The first-order chi connectivity index (χ1) is 9.97. The van der Waals surface area contributed by atoms with E-state index in [1.807, 2.05) is 0 Å². The van der Waals surface area contributed by atoms with Crippen LogP contribution in [-0.2, 0) is 9.59 Å². The van der Waals surface area contributed by atoms with Crippen LogP contribution in [0.4, 0.5) is 4.39 Å². The zero-order valence-corrected chi connectivity index (χ0v) is 12.8. The molecule has 0 aromatic heterocycles. The van der Waals surface area contributed by atoms with Gasteiger partial charge in [-0.25, -0.2) is 4.39 Å². The van der Waals surface area contributed by atoms with Crippen molar-refractivity contribution >= 4 is 33.9 Å². The molecular weight excluding hydrogens is 341 g/mol. The van der Waals surface area contributed by atoms with E-state index in [-0.39, 0.29) is 18.4 Å². The van der Waals surface area contributed by atoms with Crippen LogP contribution in [0.1, 0.15) is 24.8 Å². The molecule has 1 amide bonds. The molecule has 1 unspecified atom stereocenters. The number of carbonyl (C=O) groups excluding carboxylic acids is 1. The zero-order valence-electron chi connectivity index (χ0n) is 11.3. The second-order valence-electron chi connectivity index (χ2n) is 4.92. The highest BCUT2D eigenvalue weighted by Crippen LogP contribution is 2.21. The Kier molecular flexibility index (Phi) is 5.12. The van der Waals surface area contributed by atoms with E-state index in [2.05, 4.69) is 15.9 Å². The van der Waals surface area contributed by atoms with E-state index < -0.39 is 11.8 Å². The lowest BCUT2D eigenvalue weighted by Crippen LogP contribution is -2.35. The minimum Gasteiger partial charge on any atom is -0.481 e. The standard InChI is InChI=1S/C15H15BrFNO3/c16-11-4-5-13(17)10(8-11)3-6-14(19)18-7-1-2-12(18)9-15(20)21/h3-6,8,12H,1-2,7,9H2,(H,20,21)/b6-3+. The third-order valence-electron chi connectivity index (χ3n) is 3.43. The summed E-state index contributed by atoms with van der Waals surface area (Å²) in [5.41, 5.74) is 0.312. The van der Waals surface area contributed by atoms with Crippen LogP contribution < -0.4 is 0 Å². The average molecular weight is 356 g/mol. The normalized spacial score (nSPS) is 18.4. The Hall–Kier alpha value is -1.69. The molecule has 1 heterocycles. The van der Waals surface area contributed by atoms with Crippen molar-refractivity contribution in [1.29, 1.82) is 0 Å². The molecule has 21 heavy (non-hydrogen) atoms. The van der Waals surface area contributed by atoms with E-state index in [1.165, 1.54) is 18.2 Å². The summed E-state index contributed by atoms with van der Waals surface area (Å²) < 4.78 is 14.3. The highest BCUT2D eigenvalue weighted by Gasteiger charge is 2.29. The molecule has 1 aromatic rings. The minimum atomic E-state index is -0.915. The first kappa shape index (κ1) is 15.7. The molecule has 1 atom stereocenters. The first-order valence-corrected chi connectivity index (χ1v) is 7.42. The molecule has 1 aliphatic rings. The maximum Gasteiger partial charge on any atom is 0.305 e. The van der Waals surface area contributed by atoms with Crippen molar-refractivity contribution in [2.75, 3.05) is 6.54 Å². The van der Waals surface area contributed by atoms with Crippen molar-refractivity contribution in [1.82, 2.24) is 4.90 Å². The van der Waals surface area contributed by atoms with Gasteiger partial charge in [0.2, 0.25) is 5.91 Å². The lowest BCUT2D eigenvalue weighted by Gasteiger charge is -2.21. The van der Waals surface area contributed by atoms with Crippen LogP contribution in [0.15, 0.2) is 28.7 Å². The van der Waals surface area contributed by atoms with E-state index in [1.54, 1.807) is 17.0 Å². The van der Waals surface area contributed by atoms with E-state index >= 15 is 0 Å². The maximum absolute atomic E-state index is 13.6. The summed E-state index contributed by atoms with van der Waals surface area (Å²) >= 11 is 3.25. The van der Waals surface area contributed by atoms with Crippen LogP contribution in [0, 0.1) is 5.82 Å². The molecule has 1 aliphatic heterocycles. The van der Waals surface area contributed by atoms with Crippen molar-refractivity contribution in [2.24, 2.45) is 0 Å². The topological polar surface area (TPSA) is 57.6 Å². The van der Waals surface area contributed by atoms with Gasteiger partial charge < -0.3 is 10.0 Å². The van der Waals surface area contributed by atoms with Crippen molar-refractivity contribution < 1.29 is 19.1 Å². The zero-order chi connectivity index (χ0) is 15.4. The van der Waals surface area contributed by atoms with Crippen LogP contribution in [0.25, 0.3) is 6.08 Å². The SMILES string of the molecule is O=C(O)CC1CCCN1C(=O)/C=C/c1cc(Br)ccc1F. The largest absolute Gasteiger partial charge is 0.481 e. The van der Waals surface area contributed by atoms with Gasteiger partial charge in [0, 0.05) is 28.7 Å². The van der Waals surface area contributed by atoms with Gasteiger partial charge in [-0.15, -0.1) is 0 Å². The Morgan fingerprint density at radius 1 is 1.48 bits per heavy atom. The van der Waals surface area contributed by atoms with E-state index in [9.17, 15) is 14.0 Å². The van der Waals surface area contributed by atoms with Crippen LogP contribution in [-0.4, -0.2) is 34.5 Å². The smallest absolute Gasteiger partial charge is 0.305 e. The molecule has 0 spiro atoms. The highest BCUT2D eigenvalue weighted by atomic mass is 79.9. The summed E-state index contributed by atoms with van der Waals surface area (Å²) in [5.74, 6) is -1.61. The van der Waals surface area contributed by atoms with Gasteiger partial charge in [-0.05, 0) is 37.1 Å². The van der Waals surface area contributed by atoms with Gasteiger partial charge >= 0.3 is 5.97 Å². The molecule has 1 saturated heterocycles. The predicted molar refractivity (Wildman–Crippen MR) is 80.1 cm³/mol. The fourth-order valence-corrected chi connectivity index (χ4v) is 2.82. The molecule has 6 heteroatoms. The number of benzene rings is 1. The van der Waals surface area contributed by atoms with Crippen molar-refractivity contribution in [2.45, 2.75) is 25.3 Å². The third-order valence-corrected chi connectivity index (χ3v) is 3.93. The first-order valence-electron chi connectivity index (χ1n) is 6.63. The van der Waals surface area contributed by atoms with Crippen molar-refractivity contribution in [3.8, 4) is 0 Å². The second kappa shape index (κ2) is 6.85. The number of hydrogen-bond donors (Lipinski definition) is 1. The van der Waals surface area contributed by atoms with Gasteiger partial charge in [0.1, 0.15) is 5.82 Å². The summed E-state index contributed by atoms with van der Waals surface area (Å²) in [5, 5.41) is 8.84. The lowest BCUT2D eigenvalue weighted by atomic mass is 10.1. The number of aliphatic carboxylic acids is 1. The number of carboxylic acids is 1. The van der Waals surface area contributed by atoms with Gasteiger partial charge in [0.05, 0.1) is 6.42 Å². The molecular formula is C15H15BrFNO3. The number of amides is 1. The van der Waals surface area contributed by atoms with Crippen molar-refractivity contribution in [3.63, 3.8) is 0 Å². The minimum absolute atomic E-state index is 0.0508. The second-order valence-corrected chi connectivity index (χ2v) is 5.84. The van der Waals surface area contributed by atoms with Crippen molar-refractivity contribution in [3.05, 3.63) is 40.1 Å². The monoisotopic (exact) mass is 355 g/mol. The molecule has 112 valence electrons. The summed E-state index contributed by atoms with van der Waals surface area (Å²) in [6, 6.07) is 4.21. The highest BCUT2D eigenvalue weighted by molar-refractivity contribution is 9.10. The number of nitrogens with zero attached hydrogens (tertiary/aromatic N) is 1. The van der Waals surface area contributed by atoms with E-state index in [4.69, 9.17) is 5.11 Å². The number of rotatable bonds is 4. The number of hydrogen-bond acceptors (Lipinski definition) is 2. The quantitative estimate of drug-likeness (QED) is 0.844. The van der Waals surface area contributed by atoms with Gasteiger partial charge in [-0.3, -0.25) is 9.59 Å². The Morgan fingerprint density at radius 3 is 2.95 bits per heavy atom.